The van der Waals surface area contributed by atoms with Crippen molar-refractivity contribution in [2.75, 3.05) is 26.8 Å². The Kier molecular flexibility index (Phi) is 5.48. The number of carbonyl (C=O) groups is 1. The second-order valence-electron chi connectivity index (χ2n) is 5.99. The number of likely N-dealkylation sites (tertiary alicyclic amines) is 1. The Morgan fingerprint density at radius 1 is 1.33 bits per heavy atom. The van der Waals surface area contributed by atoms with Gasteiger partial charge in [-0.15, -0.1) is 0 Å². The van der Waals surface area contributed by atoms with Crippen molar-refractivity contribution in [3.05, 3.63) is 48.5 Å². The smallest absolute Gasteiger partial charge is 0.248 e. The molecule has 2 aromatic rings. The van der Waals surface area contributed by atoms with Crippen LogP contribution in [0.2, 0.25) is 0 Å². The molecule has 1 saturated heterocycles. The lowest BCUT2D eigenvalue weighted by atomic mass is 10.1. The van der Waals surface area contributed by atoms with Gasteiger partial charge in [-0.1, -0.05) is 12.1 Å². The molecule has 3 rings (SSSR count). The Labute approximate surface area is 142 Å². The summed E-state index contributed by atoms with van der Waals surface area (Å²) in [5.41, 5.74) is 1.03. The lowest BCUT2D eigenvalue weighted by molar-refractivity contribution is -0.138. The third-order valence-electron chi connectivity index (χ3n) is 4.35. The van der Waals surface area contributed by atoms with Crippen molar-refractivity contribution in [1.29, 1.82) is 0 Å². The highest BCUT2D eigenvalue weighted by molar-refractivity contribution is 5.77. The molecule has 0 spiro atoms. The van der Waals surface area contributed by atoms with E-state index in [0.717, 1.165) is 37.2 Å². The molecular weight excluding hydrogens is 306 g/mol. The number of nitrogens with zero attached hydrogens (tertiary/aromatic N) is 3. The molecule has 1 aromatic heterocycles. The number of hydrogen-bond donors (Lipinski definition) is 0. The van der Waals surface area contributed by atoms with Crippen molar-refractivity contribution in [3.63, 3.8) is 0 Å². The van der Waals surface area contributed by atoms with Crippen LogP contribution in [0.25, 0.3) is 0 Å². The Balaban J connectivity index is 1.45. The van der Waals surface area contributed by atoms with E-state index in [9.17, 15) is 4.79 Å². The van der Waals surface area contributed by atoms with Crippen molar-refractivity contribution in [2.24, 2.45) is 0 Å². The number of hydrogen-bond acceptors (Lipinski definition) is 4. The highest BCUT2D eigenvalue weighted by atomic mass is 16.5. The third kappa shape index (κ3) is 4.14. The Morgan fingerprint density at radius 3 is 2.88 bits per heavy atom. The monoisotopic (exact) mass is 329 g/mol. The summed E-state index contributed by atoms with van der Waals surface area (Å²) in [4.78, 5) is 18.3. The van der Waals surface area contributed by atoms with Crippen LogP contribution in [0.15, 0.2) is 43.0 Å². The van der Waals surface area contributed by atoms with E-state index in [1.54, 1.807) is 13.3 Å². The second-order valence-corrected chi connectivity index (χ2v) is 5.99. The molecule has 1 aromatic carbocycles. The van der Waals surface area contributed by atoms with Crippen molar-refractivity contribution in [2.45, 2.75) is 25.5 Å². The van der Waals surface area contributed by atoms with E-state index >= 15 is 0 Å². The summed E-state index contributed by atoms with van der Waals surface area (Å²) in [5, 5.41) is 0. The van der Waals surface area contributed by atoms with E-state index in [4.69, 9.17) is 9.47 Å². The number of imidazole rings is 1. The minimum absolute atomic E-state index is 0.0494. The maximum Gasteiger partial charge on any atom is 0.248 e. The average molecular weight is 329 g/mol. The van der Waals surface area contributed by atoms with E-state index in [-0.39, 0.29) is 12.5 Å². The zero-order chi connectivity index (χ0) is 16.8. The number of aromatic nitrogens is 2. The molecule has 6 nitrogen and oxygen atoms in total. The van der Waals surface area contributed by atoms with Crippen LogP contribution < -0.4 is 4.74 Å². The molecule has 1 atom stereocenters. The largest absolute Gasteiger partial charge is 0.497 e. The van der Waals surface area contributed by atoms with Gasteiger partial charge in [0.1, 0.15) is 12.4 Å². The van der Waals surface area contributed by atoms with E-state index < -0.39 is 0 Å². The number of ether oxygens (including phenoxy) is 2. The third-order valence-corrected chi connectivity index (χ3v) is 4.35. The number of piperidine rings is 1. The first-order chi connectivity index (χ1) is 11.8. The molecule has 1 aliphatic rings. The van der Waals surface area contributed by atoms with Crippen molar-refractivity contribution in [3.8, 4) is 5.75 Å². The molecule has 0 bridgehead atoms. The molecule has 0 unspecified atom stereocenters. The van der Waals surface area contributed by atoms with E-state index in [1.165, 1.54) is 0 Å². The van der Waals surface area contributed by atoms with Gasteiger partial charge in [0.05, 0.1) is 26.1 Å². The van der Waals surface area contributed by atoms with Gasteiger partial charge in [0.2, 0.25) is 5.91 Å². The van der Waals surface area contributed by atoms with Crippen LogP contribution in [0, 0.1) is 0 Å². The minimum atomic E-state index is 0.0494. The average Bonchev–Trinajstić information content (AvgIpc) is 3.17. The predicted octanol–water partition coefficient (Wildman–Crippen LogP) is 2.27. The summed E-state index contributed by atoms with van der Waals surface area (Å²) in [6.07, 6.45) is 7.64. The highest BCUT2D eigenvalue weighted by Gasteiger charge is 2.24. The van der Waals surface area contributed by atoms with Crippen LogP contribution >= 0.6 is 0 Å². The predicted molar refractivity (Wildman–Crippen MR) is 89.7 cm³/mol. The van der Waals surface area contributed by atoms with Crippen LogP contribution in [0.3, 0.4) is 0 Å². The second kappa shape index (κ2) is 7.97. The number of carbonyl (C=O) groups excluding carboxylic acids is 1. The summed E-state index contributed by atoms with van der Waals surface area (Å²) in [6, 6.07) is 7.98. The number of benzene rings is 1. The zero-order valence-electron chi connectivity index (χ0n) is 13.9. The molecule has 1 fully saturated rings. The van der Waals surface area contributed by atoms with Gasteiger partial charge in [0.25, 0.3) is 0 Å². The summed E-state index contributed by atoms with van der Waals surface area (Å²) >= 11 is 0. The van der Waals surface area contributed by atoms with E-state index in [2.05, 4.69) is 9.55 Å². The topological polar surface area (TPSA) is 56.6 Å². The Morgan fingerprint density at radius 2 is 2.17 bits per heavy atom. The minimum Gasteiger partial charge on any atom is -0.497 e. The first-order valence-corrected chi connectivity index (χ1v) is 8.22. The van der Waals surface area contributed by atoms with Crippen molar-refractivity contribution in [1.82, 2.24) is 14.5 Å². The van der Waals surface area contributed by atoms with Crippen LogP contribution in [0.1, 0.15) is 24.4 Å². The van der Waals surface area contributed by atoms with Crippen LogP contribution in [-0.4, -0.2) is 47.2 Å². The van der Waals surface area contributed by atoms with Gasteiger partial charge in [-0.25, -0.2) is 4.98 Å². The first-order valence-electron chi connectivity index (χ1n) is 8.22. The lowest BCUT2D eigenvalue weighted by Gasteiger charge is -2.33. The van der Waals surface area contributed by atoms with Crippen LogP contribution in [-0.2, 0) is 16.1 Å². The molecule has 24 heavy (non-hydrogen) atoms. The van der Waals surface area contributed by atoms with Gasteiger partial charge in [-0.05, 0) is 30.5 Å². The summed E-state index contributed by atoms with van der Waals surface area (Å²) < 4.78 is 12.8. The number of methoxy groups -OCH3 is 1. The molecule has 1 aliphatic heterocycles. The standard InChI is InChI=1S/C18H23N3O3/c1-23-17-6-4-15(5-7-17)12-24-13-18(22)20-9-2-3-16(11-20)21-10-8-19-14-21/h4-8,10,14,16H,2-3,9,11-13H2,1H3/t16-/m0/s1. The van der Waals surface area contributed by atoms with Crippen molar-refractivity contribution >= 4 is 5.91 Å². The van der Waals surface area contributed by atoms with Gasteiger partial charge in [0, 0.05) is 25.5 Å². The lowest BCUT2D eigenvalue weighted by Crippen LogP contribution is -2.42. The summed E-state index contributed by atoms with van der Waals surface area (Å²) in [6.45, 7) is 2.06. The molecule has 0 saturated carbocycles. The molecule has 0 aliphatic carbocycles. The van der Waals surface area contributed by atoms with Crippen molar-refractivity contribution < 1.29 is 14.3 Å². The molecule has 1 amide bonds. The zero-order valence-corrected chi connectivity index (χ0v) is 13.9. The fraction of sp³-hybridized carbons (Fsp3) is 0.444. The summed E-state index contributed by atoms with van der Waals surface area (Å²) in [5.74, 6) is 0.863. The van der Waals surface area contributed by atoms with Gasteiger partial charge < -0.3 is 18.9 Å². The molecule has 0 radical (unpaired) electrons. The van der Waals surface area contributed by atoms with Gasteiger partial charge in [0.15, 0.2) is 0 Å². The van der Waals surface area contributed by atoms with Gasteiger partial charge in [-0.3, -0.25) is 4.79 Å². The van der Waals surface area contributed by atoms with Gasteiger partial charge in [-0.2, -0.15) is 0 Å². The van der Waals surface area contributed by atoms with Crippen LogP contribution in [0.4, 0.5) is 0 Å². The number of amides is 1. The fourth-order valence-electron chi connectivity index (χ4n) is 2.98. The first kappa shape index (κ1) is 16.5. The molecule has 0 N–H and O–H groups in total. The molecular formula is C18H23N3O3. The van der Waals surface area contributed by atoms with E-state index in [1.807, 2.05) is 41.7 Å². The summed E-state index contributed by atoms with van der Waals surface area (Å²) in [7, 11) is 1.64. The SMILES string of the molecule is COc1ccc(COCC(=O)N2CCC[C@H](n3ccnc3)C2)cc1. The Bertz CT molecular complexity index is 640. The fourth-order valence-corrected chi connectivity index (χ4v) is 2.98. The molecule has 128 valence electrons. The maximum atomic E-state index is 12.4. The number of rotatable bonds is 6. The van der Waals surface area contributed by atoms with Crippen LogP contribution in [0.5, 0.6) is 5.75 Å². The Hall–Kier alpha value is -2.34. The maximum absolute atomic E-state index is 12.4. The van der Waals surface area contributed by atoms with Gasteiger partial charge >= 0.3 is 0 Å². The highest BCUT2D eigenvalue weighted by Crippen LogP contribution is 2.21. The molecule has 6 heteroatoms. The quantitative estimate of drug-likeness (QED) is 0.816. The van der Waals surface area contributed by atoms with E-state index in [0.29, 0.717) is 12.6 Å². The normalized spacial score (nSPS) is 17.7. The molecule has 2 heterocycles.